The molecule has 0 atom stereocenters. The van der Waals surface area contributed by atoms with Crippen molar-refractivity contribution in [1.29, 1.82) is 0 Å². The average molecular weight is 535 g/mol. The molecule has 0 saturated heterocycles. The number of aromatic amines is 1. The molecule has 0 aliphatic carbocycles. The van der Waals surface area contributed by atoms with Crippen LogP contribution in [0.1, 0.15) is 26.3 Å². The molecule has 1 aromatic heterocycles. The minimum Gasteiger partial charge on any atom is -0.496 e. The second-order valence-corrected chi connectivity index (χ2v) is 11.2. The maximum absolute atomic E-state index is 12.5. The number of nitrogens with one attached hydrogen (secondary N) is 2. The van der Waals surface area contributed by atoms with Crippen molar-refractivity contribution in [2.24, 2.45) is 0 Å². The number of ether oxygens (including phenoxy) is 1. The average Bonchev–Trinajstić information content (AvgIpc) is 2.76. The number of nitrogens with zero attached hydrogens (tertiary/aromatic N) is 1. The normalized spacial score (nSPS) is 11.4. The predicted octanol–water partition coefficient (Wildman–Crippen LogP) is 2.82. The van der Waals surface area contributed by atoms with Gasteiger partial charge in [-0.3, -0.25) is 19.1 Å². The maximum atomic E-state index is 12.5. The molecule has 0 aliphatic rings. The van der Waals surface area contributed by atoms with Crippen molar-refractivity contribution >= 4 is 56.0 Å². The Bertz CT molecular complexity index is 1670. The van der Waals surface area contributed by atoms with Crippen molar-refractivity contribution in [3.63, 3.8) is 0 Å². The minimum absolute atomic E-state index is 0. The van der Waals surface area contributed by atoms with Crippen LogP contribution in [0.4, 0.5) is 5.69 Å². The first kappa shape index (κ1) is 30.3. The van der Waals surface area contributed by atoms with Gasteiger partial charge in [-0.25, -0.2) is 13.2 Å². The fourth-order valence-electron chi connectivity index (χ4n) is 4.06. The van der Waals surface area contributed by atoms with Gasteiger partial charge in [0.05, 0.1) is 19.1 Å². The molecular formula is C26H29N3NaO6S. The molecule has 0 fully saturated rings. The molecule has 4 aromatic rings. The monoisotopic (exact) mass is 534 g/mol. The van der Waals surface area contributed by atoms with Gasteiger partial charge in [0.1, 0.15) is 5.75 Å². The van der Waals surface area contributed by atoms with Crippen LogP contribution in [0.2, 0.25) is 0 Å². The first-order chi connectivity index (χ1) is 16.4. The third-order valence-corrected chi connectivity index (χ3v) is 6.25. The number of hydrogen-bond acceptors (Lipinski definition) is 5. The molecule has 1 radical (unpaired) electrons. The van der Waals surface area contributed by atoms with E-state index in [-0.39, 0.29) is 40.4 Å². The van der Waals surface area contributed by atoms with E-state index in [0.29, 0.717) is 17.1 Å². The third-order valence-electron chi connectivity index (χ3n) is 5.64. The molecule has 0 bridgehead atoms. The first-order valence-electron chi connectivity index (χ1n) is 10.9. The summed E-state index contributed by atoms with van der Waals surface area (Å²) in [6.45, 7) is 6.18. The van der Waals surface area contributed by atoms with Gasteiger partial charge in [0.15, 0.2) is 0 Å². The van der Waals surface area contributed by atoms with Gasteiger partial charge in [-0.05, 0) is 52.1 Å². The zero-order valence-electron chi connectivity index (χ0n) is 21.7. The van der Waals surface area contributed by atoms with E-state index in [4.69, 9.17) is 4.74 Å². The van der Waals surface area contributed by atoms with Gasteiger partial charge in [0, 0.05) is 58.6 Å². The zero-order valence-corrected chi connectivity index (χ0v) is 24.5. The second-order valence-electron chi connectivity index (χ2n) is 9.46. The van der Waals surface area contributed by atoms with E-state index in [1.807, 2.05) is 36.4 Å². The van der Waals surface area contributed by atoms with Crippen molar-refractivity contribution in [1.82, 2.24) is 9.55 Å². The summed E-state index contributed by atoms with van der Waals surface area (Å²) in [5.74, 6) is 0.688. The molecule has 0 amide bonds. The topological polar surface area (TPSA) is 142 Å². The van der Waals surface area contributed by atoms with Crippen molar-refractivity contribution in [2.75, 3.05) is 18.1 Å². The third kappa shape index (κ3) is 6.71. The van der Waals surface area contributed by atoms with Crippen LogP contribution < -0.4 is 20.7 Å². The Morgan fingerprint density at radius 3 is 2.19 bits per heavy atom. The standard InChI is InChI=1S/C26H27N3O5S.Na.H2O/c1-26(2,3)22-15-20(29-11-10-23(30)27-25(29)31)14-21(24(22)34-4)18-7-6-17-13-19(28-35(5,32)33)9-8-16(17)12-18;;/h6-15,28H,1-5H3,(H,27,30,31);;1H2. The molecule has 3 aromatic carbocycles. The molecule has 4 rings (SSSR count). The summed E-state index contributed by atoms with van der Waals surface area (Å²) in [5, 5.41) is 1.78. The van der Waals surface area contributed by atoms with Gasteiger partial charge in [0.25, 0.3) is 5.56 Å². The number of sulfonamides is 1. The molecule has 4 N–H and O–H groups in total. The maximum Gasteiger partial charge on any atom is 0.332 e. The summed E-state index contributed by atoms with van der Waals surface area (Å²) in [5.41, 5.74) is 2.34. The molecule has 0 aliphatic heterocycles. The molecule has 0 spiro atoms. The van der Waals surface area contributed by atoms with Crippen molar-refractivity contribution in [3.8, 4) is 22.6 Å². The first-order valence-corrected chi connectivity index (χ1v) is 12.8. The molecule has 0 saturated carbocycles. The van der Waals surface area contributed by atoms with Crippen molar-refractivity contribution in [3.05, 3.63) is 87.2 Å². The van der Waals surface area contributed by atoms with E-state index in [1.54, 1.807) is 19.2 Å². The second kappa shape index (κ2) is 11.2. The van der Waals surface area contributed by atoms with E-state index < -0.39 is 21.3 Å². The Morgan fingerprint density at radius 2 is 1.59 bits per heavy atom. The van der Waals surface area contributed by atoms with Crippen LogP contribution in [-0.2, 0) is 15.4 Å². The molecule has 0 unspecified atom stereocenters. The summed E-state index contributed by atoms with van der Waals surface area (Å²) in [7, 11) is -1.76. The van der Waals surface area contributed by atoms with Crippen LogP contribution in [0.5, 0.6) is 5.75 Å². The number of benzene rings is 3. The summed E-state index contributed by atoms with van der Waals surface area (Å²) >= 11 is 0. The summed E-state index contributed by atoms with van der Waals surface area (Å²) in [6.07, 6.45) is 2.57. The Morgan fingerprint density at radius 1 is 0.946 bits per heavy atom. The van der Waals surface area contributed by atoms with Crippen molar-refractivity contribution in [2.45, 2.75) is 26.2 Å². The minimum atomic E-state index is -3.38. The molecule has 191 valence electrons. The molecule has 11 heteroatoms. The van der Waals surface area contributed by atoms with Gasteiger partial charge in [-0.15, -0.1) is 0 Å². The quantitative estimate of drug-likeness (QED) is 0.379. The van der Waals surface area contributed by atoms with Gasteiger partial charge in [-0.2, -0.15) is 0 Å². The largest absolute Gasteiger partial charge is 0.496 e. The number of aromatic nitrogens is 2. The van der Waals surface area contributed by atoms with Crippen LogP contribution in [0.25, 0.3) is 27.6 Å². The van der Waals surface area contributed by atoms with E-state index in [9.17, 15) is 18.0 Å². The number of H-pyrrole nitrogens is 1. The summed E-state index contributed by atoms with van der Waals surface area (Å²) < 4.78 is 32.9. The number of fused-ring (bicyclic) bond motifs is 1. The number of anilines is 1. The molecular weight excluding hydrogens is 505 g/mol. The molecule has 1 heterocycles. The fourth-order valence-corrected chi connectivity index (χ4v) is 4.61. The Labute approximate surface area is 237 Å². The van der Waals surface area contributed by atoms with E-state index >= 15 is 0 Å². The van der Waals surface area contributed by atoms with Crippen LogP contribution in [0, 0.1) is 0 Å². The summed E-state index contributed by atoms with van der Waals surface area (Å²) in [4.78, 5) is 26.4. The van der Waals surface area contributed by atoms with Crippen LogP contribution in [0.15, 0.2) is 70.4 Å². The Balaban J connectivity index is 0.00000241. The smallest absolute Gasteiger partial charge is 0.332 e. The summed E-state index contributed by atoms with van der Waals surface area (Å²) in [6, 6.07) is 16.2. The number of hydrogen-bond donors (Lipinski definition) is 2. The number of methoxy groups -OCH3 is 1. The van der Waals surface area contributed by atoms with Crippen LogP contribution in [-0.4, -0.2) is 66.4 Å². The Hall–Kier alpha value is -2.89. The molecule has 9 nitrogen and oxygen atoms in total. The van der Waals surface area contributed by atoms with Crippen LogP contribution >= 0.6 is 0 Å². The van der Waals surface area contributed by atoms with E-state index in [1.165, 1.54) is 16.8 Å². The predicted molar refractivity (Wildman–Crippen MR) is 149 cm³/mol. The van der Waals surface area contributed by atoms with Gasteiger partial charge >= 0.3 is 5.69 Å². The zero-order chi connectivity index (χ0) is 25.5. The number of rotatable bonds is 5. The van der Waals surface area contributed by atoms with Gasteiger partial charge in [-0.1, -0.05) is 39.0 Å². The SMILES string of the molecule is COc1c(-c2ccc3cc(NS(C)(=O)=O)ccc3c2)cc(-n2ccc(=O)[nH]c2=O)cc1C(C)(C)C.O.[Na]. The van der Waals surface area contributed by atoms with E-state index in [0.717, 1.165) is 33.7 Å². The van der Waals surface area contributed by atoms with Gasteiger partial charge < -0.3 is 10.2 Å². The Kier molecular flexibility index (Phi) is 9.22. The van der Waals surface area contributed by atoms with E-state index in [2.05, 4.69) is 30.5 Å². The fraction of sp³-hybridized carbons (Fsp3) is 0.231. The molecule has 37 heavy (non-hydrogen) atoms. The van der Waals surface area contributed by atoms with Crippen molar-refractivity contribution < 1.29 is 18.6 Å². The van der Waals surface area contributed by atoms with Gasteiger partial charge in [0.2, 0.25) is 10.0 Å². The van der Waals surface area contributed by atoms with Crippen LogP contribution in [0.3, 0.4) is 0 Å².